The second-order valence-corrected chi connectivity index (χ2v) is 6.39. The summed E-state index contributed by atoms with van der Waals surface area (Å²) in [6.07, 6.45) is 1.82. The van der Waals surface area contributed by atoms with Gasteiger partial charge in [-0.15, -0.1) is 0 Å². The number of rotatable bonds is 3. The van der Waals surface area contributed by atoms with Gasteiger partial charge < -0.3 is 0 Å². The summed E-state index contributed by atoms with van der Waals surface area (Å²) >= 11 is 13.4. The quantitative estimate of drug-likeness (QED) is 0.610. The molecule has 0 amide bonds. The van der Waals surface area contributed by atoms with E-state index in [1.54, 1.807) is 0 Å². The summed E-state index contributed by atoms with van der Waals surface area (Å²) in [6.45, 7) is 2.15. The predicted molar refractivity (Wildman–Crippen MR) is 83.5 cm³/mol. The molecule has 0 N–H and O–H groups in total. The predicted octanol–water partition coefficient (Wildman–Crippen LogP) is 5.74. The fourth-order valence-corrected chi connectivity index (χ4v) is 3.42. The molecule has 0 saturated carbocycles. The van der Waals surface area contributed by atoms with E-state index in [1.165, 1.54) is 0 Å². The van der Waals surface area contributed by atoms with E-state index in [9.17, 15) is 0 Å². The van der Waals surface area contributed by atoms with Crippen molar-refractivity contribution in [1.82, 2.24) is 4.98 Å². The van der Waals surface area contributed by atoms with Crippen LogP contribution in [0.4, 0.5) is 0 Å². The maximum Gasteiger partial charge on any atom is 0.0487 e. The van der Waals surface area contributed by atoms with Crippen molar-refractivity contribution in [3.05, 3.63) is 63.3 Å². The lowest BCUT2D eigenvalue weighted by atomic mass is 9.97. The lowest BCUT2D eigenvalue weighted by Gasteiger charge is -2.19. The lowest BCUT2D eigenvalue weighted by Crippen LogP contribution is -2.04. The Labute approximate surface area is 129 Å². The number of halogens is 3. The third kappa shape index (κ3) is 3.14. The second-order valence-electron chi connectivity index (χ2n) is 4.11. The topological polar surface area (TPSA) is 12.9 Å². The van der Waals surface area contributed by atoms with Gasteiger partial charge in [0.1, 0.15) is 0 Å². The van der Waals surface area contributed by atoms with Crippen LogP contribution in [0.15, 0.2) is 47.1 Å². The highest BCUT2D eigenvalue weighted by molar-refractivity contribution is 9.11. The van der Waals surface area contributed by atoms with Gasteiger partial charge in [0.15, 0.2) is 0 Å². The highest BCUT2D eigenvalue weighted by Gasteiger charge is 2.21. The highest BCUT2D eigenvalue weighted by Crippen LogP contribution is 2.40. The molecule has 1 aromatic heterocycles. The first-order valence-corrected chi connectivity index (χ1v) is 7.68. The molecule has 0 spiro atoms. The van der Waals surface area contributed by atoms with Crippen LogP contribution in [0, 0.1) is 0 Å². The van der Waals surface area contributed by atoms with Crippen molar-refractivity contribution in [2.75, 3.05) is 0 Å². The van der Waals surface area contributed by atoms with Crippen LogP contribution in [0.2, 0.25) is 5.02 Å². The molecule has 0 fully saturated rings. The van der Waals surface area contributed by atoms with Crippen LogP contribution in [0.5, 0.6) is 0 Å². The van der Waals surface area contributed by atoms with Gasteiger partial charge in [0.25, 0.3) is 0 Å². The van der Waals surface area contributed by atoms with Crippen molar-refractivity contribution in [2.24, 2.45) is 0 Å². The van der Waals surface area contributed by atoms with Gasteiger partial charge >= 0.3 is 0 Å². The summed E-state index contributed by atoms with van der Waals surface area (Å²) in [5, 5.41) is 0.742. The standard InChI is InChI=1S/C14H12Br2ClN/c1-9(13-4-2-3-7-18-13)14(16)11-8-10(17)5-6-12(11)15/h2-9,14H,1H3. The maximum atomic E-state index is 6.05. The van der Waals surface area contributed by atoms with Gasteiger partial charge in [-0.3, -0.25) is 4.98 Å². The van der Waals surface area contributed by atoms with Crippen LogP contribution in [0.1, 0.15) is 28.9 Å². The molecule has 0 aliphatic carbocycles. The van der Waals surface area contributed by atoms with Crippen molar-refractivity contribution in [3.8, 4) is 0 Å². The molecule has 2 rings (SSSR count). The third-order valence-corrected chi connectivity index (χ3v) is 5.09. The summed E-state index contributed by atoms with van der Waals surface area (Å²) < 4.78 is 1.05. The Bertz CT molecular complexity index is 531. The molecule has 1 aromatic carbocycles. The molecule has 0 radical (unpaired) electrons. The van der Waals surface area contributed by atoms with Crippen LogP contribution < -0.4 is 0 Å². The summed E-state index contributed by atoms with van der Waals surface area (Å²) in [7, 11) is 0. The molecule has 0 saturated heterocycles. The molecular formula is C14H12Br2ClN. The van der Waals surface area contributed by atoms with Gasteiger partial charge in [-0.2, -0.15) is 0 Å². The molecule has 1 heterocycles. The van der Waals surface area contributed by atoms with E-state index in [2.05, 4.69) is 43.8 Å². The molecule has 2 atom stereocenters. The number of benzene rings is 1. The van der Waals surface area contributed by atoms with Gasteiger partial charge in [-0.25, -0.2) is 0 Å². The monoisotopic (exact) mass is 387 g/mol. The molecule has 2 aromatic rings. The maximum absolute atomic E-state index is 6.05. The molecular weight excluding hydrogens is 377 g/mol. The Morgan fingerprint density at radius 1 is 1.22 bits per heavy atom. The lowest BCUT2D eigenvalue weighted by molar-refractivity contribution is 0.722. The van der Waals surface area contributed by atoms with Gasteiger partial charge in [0, 0.05) is 32.1 Å². The first-order valence-electron chi connectivity index (χ1n) is 5.59. The average Bonchev–Trinajstić information content (AvgIpc) is 2.41. The van der Waals surface area contributed by atoms with Gasteiger partial charge in [0.2, 0.25) is 0 Å². The van der Waals surface area contributed by atoms with Crippen molar-refractivity contribution >= 4 is 43.5 Å². The fourth-order valence-electron chi connectivity index (χ4n) is 1.79. The SMILES string of the molecule is CC(c1ccccn1)C(Br)c1cc(Cl)ccc1Br. The Balaban J connectivity index is 2.31. The average molecular weight is 390 g/mol. The van der Waals surface area contributed by atoms with Crippen LogP contribution in [0.25, 0.3) is 0 Å². The van der Waals surface area contributed by atoms with E-state index in [-0.39, 0.29) is 10.7 Å². The number of hydrogen-bond donors (Lipinski definition) is 0. The summed E-state index contributed by atoms with van der Waals surface area (Å²) in [6, 6.07) is 11.8. The molecule has 0 aliphatic heterocycles. The molecule has 94 valence electrons. The minimum Gasteiger partial charge on any atom is -0.261 e. The van der Waals surface area contributed by atoms with E-state index in [1.807, 2.05) is 42.6 Å². The Hall–Kier alpha value is -0.380. The van der Waals surface area contributed by atoms with Gasteiger partial charge in [-0.1, -0.05) is 56.5 Å². The summed E-state index contributed by atoms with van der Waals surface area (Å²) in [4.78, 5) is 4.57. The number of nitrogens with zero attached hydrogens (tertiary/aromatic N) is 1. The zero-order chi connectivity index (χ0) is 13.1. The van der Waals surface area contributed by atoms with Crippen molar-refractivity contribution in [3.63, 3.8) is 0 Å². The Kier molecular flexibility index (Phi) is 4.82. The van der Waals surface area contributed by atoms with E-state index in [0.29, 0.717) is 0 Å². The second kappa shape index (κ2) is 6.18. The van der Waals surface area contributed by atoms with Gasteiger partial charge in [0.05, 0.1) is 0 Å². The zero-order valence-corrected chi connectivity index (χ0v) is 13.7. The molecule has 1 nitrogen and oxygen atoms in total. The molecule has 4 heteroatoms. The zero-order valence-electron chi connectivity index (χ0n) is 9.78. The van der Waals surface area contributed by atoms with Gasteiger partial charge in [-0.05, 0) is 35.9 Å². The minimum absolute atomic E-state index is 0.167. The smallest absolute Gasteiger partial charge is 0.0487 e. The highest BCUT2D eigenvalue weighted by atomic mass is 79.9. The van der Waals surface area contributed by atoms with Crippen LogP contribution in [-0.2, 0) is 0 Å². The molecule has 0 aliphatic rings. The normalized spacial score (nSPS) is 14.2. The van der Waals surface area contributed by atoms with E-state index in [4.69, 9.17) is 11.6 Å². The Morgan fingerprint density at radius 3 is 2.67 bits per heavy atom. The minimum atomic E-state index is 0.167. The number of aromatic nitrogens is 1. The largest absolute Gasteiger partial charge is 0.261 e. The van der Waals surface area contributed by atoms with Crippen LogP contribution in [-0.4, -0.2) is 4.98 Å². The van der Waals surface area contributed by atoms with Crippen molar-refractivity contribution in [2.45, 2.75) is 17.7 Å². The summed E-state index contributed by atoms with van der Waals surface area (Å²) in [5.41, 5.74) is 2.20. The molecule has 0 bridgehead atoms. The Morgan fingerprint density at radius 2 is 2.00 bits per heavy atom. The van der Waals surface area contributed by atoms with Crippen LogP contribution >= 0.6 is 43.5 Å². The van der Waals surface area contributed by atoms with Crippen LogP contribution in [0.3, 0.4) is 0 Å². The fraction of sp³-hybridized carbons (Fsp3) is 0.214. The number of alkyl halides is 1. The van der Waals surface area contributed by atoms with Crippen molar-refractivity contribution < 1.29 is 0 Å². The first-order chi connectivity index (χ1) is 8.59. The molecule has 2 unspecified atom stereocenters. The van der Waals surface area contributed by atoms with Crippen molar-refractivity contribution in [1.29, 1.82) is 0 Å². The first kappa shape index (κ1) is 14.0. The van der Waals surface area contributed by atoms with E-state index >= 15 is 0 Å². The third-order valence-electron chi connectivity index (χ3n) is 2.85. The molecule has 18 heavy (non-hydrogen) atoms. The number of hydrogen-bond acceptors (Lipinski definition) is 1. The number of pyridine rings is 1. The summed E-state index contributed by atoms with van der Waals surface area (Å²) in [5.74, 6) is 0.265. The van der Waals surface area contributed by atoms with E-state index in [0.717, 1.165) is 20.8 Å². The van der Waals surface area contributed by atoms with E-state index < -0.39 is 0 Å².